The quantitative estimate of drug-likeness (QED) is 0.762. The minimum atomic E-state index is -0.0970. The molecule has 0 aliphatic heterocycles. The van der Waals surface area contributed by atoms with Crippen LogP contribution in [0.2, 0.25) is 0 Å². The van der Waals surface area contributed by atoms with Crippen molar-refractivity contribution < 1.29 is 9.59 Å². The van der Waals surface area contributed by atoms with Crippen molar-refractivity contribution >= 4 is 28.3 Å². The summed E-state index contributed by atoms with van der Waals surface area (Å²) in [6.45, 7) is 3.98. The molecule has 0 saturated heterocycles. The van der Waals surface area contributed by atoms with E-state index in [1.807, 2.05) is 0 Å². The number of nitrogens with one attached hydrogen (secondary N) is 2. The van der Waals surface area contributed by atoms with Gasteiger partial charge in [0.15, 0.2) is 5.13 Å². The number of nitrogens with zero attached hydrogens (tertiary/aromatic N) is 1. The second kappa shape index (κ2) is 5.77. The Kier molecular flexibility index (Phi) is 4.09. The molecule has 1 aliphatic carbocycles. The fraction of sp³-hybridized carbons (Fsp3) is 0.417. The smallest absolute Gasteiger partial charge is 0.229 e. The van der Waals surface area contributed by atoms with Crippen LogP contribution in [0.3, 0.4) is 0 Å². The Bertz CT molecular complexity index is 466. The fourth-order valence-corrected chi connectivity index (χ4v) is 2.12. The molecule has 0 bridgehead atoms. The van der Waals surface area contributed by atoms with Crippen LogP contribution in [0, 0.1) is 5.92 Å². The molecule has 6 heteroatoms. The van der Waals surface area contributed by atoms with Gasteiger partial charge < -0.3 is 10.6 Å². The van der Waals surface area contributed by atoms with E-state index in [4.69, 9.17) is 0 Å². The maximum atomic E-state index is 11.5. The van der Waals surface area contributed by atoms with Crippen molar-refractivity contribution in [1.82, 2.24) is 10.3 Å². The summed E-state index contributed by atoms with van der Waals surface area (Å²) in [4.78, 5) is 27.2. The van der Waals surface area contributed by atoms with Crippen molar-refractivity contribution in [3.63, 3.8) is 0 Å². The summed E-state index contributed by atoms with van der Waals surface area (Å²) in [6.07, 6.45) is 3.78. The van der Waals surface area contributed by atoms with Crippen molar-refractivity contribution in [3.8, 4) is 0 Å². The van der Waals surface area contributed by atoms with Gasteiger partial charge in [-0.05, 0) is 12.8 Å². The summed E-state index contributed by atoms with van der Waals surface area (Å²) in [7, 11) is 0. The van der Waals surface area contributed by atoms with Gasteiger partial charge in [-0.15, -0.1) is 17.9 Å². The molecular formula is C12H15N3O2S. The maximum Gasteiger partial charge on any atom is 0.229 e. The van der Waals surface area contributed by atoms with Crippen molar-refractivity contribution in [2.24, 2.45) is 5.92 Å². The van der Waals surface area contributed by atoms with Crippen molar-refractivity contribution in [1.29, 1.82) is 0 Å². The zero-order valence-corrected chi connectivity index (χ0v) is 10.8. The van der Waals surface area contributed by atoms with E-state index in [1.54, 1.807) is 11.5 Å². The summed E-state index contributed by atoms with van der Waals surface area (Å²) >= 11 is 1.35. The zero-order valence-electron chi connectivity index (χ0n) is 9.94. The van der Waals surface area contributed by atoms with Crippen molar-refractivity contribution in [2.75, 3.05) is 11.9 Å². The second-order valence-corrected chi connectivity index (χ2v) is 5.04. The summed E-state index contributed by atoms with van der Waals surface area (Å²) in [5, 5.41) is 7.80. The van der Waals surface area contributed by atoms with Crippen LogP contribution in [-0.4, -0.2) is 23.3 Å². The molecule has 1 aromatic rings. The van der Waals surface area contributed by atoms with E-state index in [2.05, 4.69) is 22.2 Å². The van der Waals surface area contributed by atoms with Crippen LogP contribution in [-0.2, 0) is 16.0 Å². The molecule has 0 spiro atoms. The third-order valence-electron chi connectivity index (χ3n) is 2.52. The first-order valence-electron chi connectivity index (χ1n) is 5.82. The van der Waals surface area contributed by atoms with Crippen LogP contribution >= 0.6 is 11.3 Å². The molecular weight excluding hydrogens is 250 g/mol. The number of carbonyl (C=O) groups excluding carboxylic acids is 2. The molecule has 2 rings (SSSR count). The Hall–Kier alpha value is -1.69. The number of carbonyl (C=O) groups is 2. The summed E-state index contributed by atoms with van der Waals surface area (Å²) in [6, 6.07) is 0. The highest BCUT2D eigenvalue weighted by atomic mass is 32.1. The van der Waals surface area contributed by atoms with Gasteiger partial charge in [0.05, 0.1) is 12.1 Å². The van der Waals surface area contributed by atoms with Gasteiger partial charge in [-0.25, -0.2) is 4.98 Å². The van der Waals surface area contributed by atoms with E-state index in [0.717, 1.165) is 12.8 Å². The van der Waals surface area contributed by atoms with E-state index in [0.29, 0.717) is 17.4 Å². The molecule has 18 heavy (non-hydrogen) atoms. The molecule has 0 aromatic carbocycles. The SMILES string of the molecule is C=CCNC(=O)Cc1csc(NC(=O)C2CC2)n1. The average Bonchev–Trinajstić information content (AvgIpc) is 3.11. The third-order valence-corrected chi connectivity index (χ3v) is 3.32. The summed E-state index contributed by atoms with van der Waals surface area (Å²) < 4.78 is 0. The van der Waals surface area contributed by atoms with E-state index in [1.165, 1.54) is 11.3 Å². The van der Waals surface area contributed by atoms with Crippen molar-refractivity contribution in [2.45, 2.75) is 19.3 Å². The second-order valence-electron chi connectivity index (χ2n) is 4.18. The first kappa shape index (κ1) is 12.8. The molecule has 1 aliphatic rings. The first-order valence-corrected chi connectivity index (χ1v) is 6.70. The molecule has 2 amide bonds. The van der Waals surface area contributed by atoms with Crippen LogP contribution < -0.4 is 10.6 Å². The van der Waals surface area contributed by atoms with Gasteiger partial charge in [-0.2, -0.15) is 0 Å². The van der Waals surface area contributed by atoms with E-state index >= 15 is 0 Å². The molecule has 5 nitrogen and oxygen atoms in total. The molecule has 2 N–H and O–H groups in total. The van der Waals surface area contributed by atoms with Gasteiger partial charge in [0.1, 0.15) is 0 Å². The lowest BCUT2D eigenvalue weighted by molar-refractivity contribution is -0.120. The molecule has 1 aromatic heterocycles. The predicted octanol–water partition coefficient (Wildman–Crippen LogP) is 1.34. The third kappa shape index (κ3) is 3.66. The van der Waals surface area contributed by atoms with E-state index in [9.17, 15) is 9.59 Å². The molecule has 0 unspecified atom stereocenters. The lowest BCUT2D eigenvalue weighted by Gasteiger charge is -1.99. The normalized spacial score (nSPS) is 14.0. The Morgan fingerprint density at radius 1 is 1.56 bits per heavy atom. The first-order chi connectivity index (χ1) is 8.69. The Labute approximate surface area is 109 Å². The van der Waals surface area contributed by atoms with Crippen LogP contribution in [0.4, 0.5) is 5.13 Å². The Morgan fingerprint density at radius 3 is 3.00 bits per heavy atom. The summed E-state index contributed by atoms with van der Waals surface area (Å²) in [5.41, 5.74) is 0.674. The fourth-order valence-electron chi connectivity index (χ4n) is 1.41. The van der Waals surface area contributed by atoms with Gasteiger partial charge in [-0.3, -0.25) is 9.59 Å². The molecule has 1 fully saturated rings. The van der Waals surface area contributed by atoms with Crippen LogP contribution in [0.5, 0.6) is 0 Å². The number of anilines is 1. The standard InChI is InChI=1S/C12H15N3O2S/c1-2-5-13-10(16)6-9-7-18-12(14-9)15-11(17)8-3-4-8/h2,7-8H,1,3-6H2,(H,13,16)(H,14,15,17). The maximum absolute atomic E-state index is 11.5. The number of thiazole rings is 1. The lowest BCUT2D eigenvalue weighted by atomic mass is 10.3. The van der Waals surface area contributed by atoms with Gasteiger partial charge in [-0.1, -0.05) is 6.08 Å². The molecule has 0 radical (unpaired) electrons. The summed E-state index contributed by atoms with van der Waals surface area (Å²) in [5.74, 6) is 0.0977. The molecule has 1 saturated carbocycles. The van der Waals surface area contributed by atoms with Gasteiger partial charge in [0.25, 0.3) is 0 Å². The highest BCUT2D eigenvalue weighted by molar-refractivity contribution is 7.13. The number of aromatic nitrogens is 1. The highest BCUT2D eigenvalue weighted by Crippen LogP contribution is 2.30. The van der Waals surface area contributed by atoms with E-state index < -0.39 is 0 Å². The predicted molar refractivity (Wildman–Crippen MR) is 70.4 cm³/mol. The van der Waals surface area contributed by atoms with Gasteiger partial charge in [0, 0.05) is 17.8 Å². The highest BCUT2D eigenvalue weighted by Gasteiger charge is 2.30. The Balaban J connectivity index is 1.83. The van der Waals surface area contributed by atoms with Crippen LogP contribution in [0.1, 0.15) is 18.5 Å². The number of hydrogen-bond donors (Lipinski definition) is 2. The largest absolute Gasteiger partial charge is 0.352 e. The Morgan fingerprint density at radius 2 is 2.33 bits per heavy atom. The average molecular weight is 265 g/mol. The molecule has 1 heterocycles. The monoisotopic (exact) mass is 265 g/mol. The minimum Gasteiger partial charge on any atom is -0.352 e. The number of amides is 2. The van der Waals surface area contributed by atoms with Gasteiger partial charge >= 0.3 is 0 Å². The number of hydrogen-bond acceptors (Lipinski definition) is 4. The van der Waals surface area contributed by atoms with Crippen LogP contribution in [0.25, 0.3) is 0 Å². The minimum absolute atomic E-state index is 0.0343. The van der Waals surface area contributed by atoms with E-state index in [-0.39, 0.29) is 24.2 Å². The van der Waals surface area contributed by atoms with Crippen LogP contribution in [0.15, 0.2) is 18.0 Å². The molecule has 0 atom stereocenters. The topological polar surface area (TPSA) is 71.1 Å². The lowest BCUT2D eigenvalue weighted by Crippen LogP contribution is -2.25. The number of rotatable bonds is 6. The van der Waals surface area contributed by atoms with Gasteiger partial charge in [0.2, 0.25) is 11.8 Å². The molecule has 96 valence electrons. The zero-order chi connectivity index (χ0) is 13.0. The van der Waals surface area contributed by atoms with Crippen molar-refractivity contribution in [3.05, 3.63) is 23.7 Å².